The summed E-state index contributed by atoms with van der Waals surface area (Å²) in [5.74, 6) is 0.996. The number of aliphatic hydroxyl groups excluding tert-OH is 1. The van der Waals surface area contributed by atoms with Gasteiger partial charge in [0.1, 0.15) is 0 Å². The quantitative estimate of drug-likeness (QED) is 0.892. The van der Waals surface area contributed by atoms with Gasteiger partial charge in [0, 0.05) is 12.5 Å². The zero-order valence-corrected chi connectivity index (χ0v) is 11.7. The van der Waals surface area contributed by atoms with Gasteiger partial charge in [-0.25, -0.2) is 0 Å². The lowest BCUT2D eigenvalue weighted by Gasteiger charge is -2.28. The van der Waals surface area contributed by atoms with Crippen LogP contribution >= 0.6 is 0 Å². The molecular weight excluding hydrogens is 236 g/mol. The second-order valence-electron chi connectivity index (χ2n) is 6.01. The maximum atomic E-state index is 10.6. The molecule has 0 radical (unpaired) electrons. The topological polar surface area (TPSA) is 29.5 Å². The SMILES string of the molecule is CCC1OCCC1C(O)c1cccc(C2CCC2)c1. The average Bonchev–Trinajstić information content (AvgIpc) is 2.84. The van der Waals surface area contributed by atoms with E-state index in [0.717, 1.165) is 30.9 Å². The van der Waals surface area contributed by atoms with Crippen molar-refractivity contribution < 1.29 is 9.84 Å². The fourth-order valence-corrected chi connectivity index (χ4v) is 3.43. The highest BCUT2D eigenvalue weighted by Gasteiger charge is 2.33. The molecule has 2 fully saturated rings. The van der Waals surface area contributed by atoms with Gasteiger partial charge in [0.15, 0.2) is 0 Å². The lowest BCUT2D eigenvalue weighted by atomic mass is 9.79. The van der Waals surface area contributed by atoms with Crippen molar-refractivity contribution in [2.45, 2.75) is 57.2 Å². The van der Waals surface area contributed by atoms with Gasteiger partial charge in [-0.3, -0.25) is 0 Å². The third-order valence-electron chi connectivity index (χ3n) is 4.90. The number of hydrogen-bond donors (Lipinski definition) is 1. The van der Waals surface area contributed by atoms with Gasteiger partial charge in [-0.2, -0.15) is 0 Å². The summed E-state index contributed by atoms with van der Waals surface area (Å²) in [4.78, 5) is 0. The molecule has 1 heterocycles. The van der Waals surface area contributed by atoms with E-state index in [0.29, 0.717) is 0 Å². The van der Waals surface area contributed by atoms with E-state index in [1.807, 2.05) is 0 Å². The summed E-state index contributed by atoms with van der Waals surface area (Å²) < 4.78 is 5.71. The Morgan fingerprint density at radius 2 is 2.16 bits per heavy atom. The van der Waals surface area contributed by atoms with Crippen molar-refractivity contribution in [3.05, 3.63) is 35.4 Å². The van der Waals surface area contributed by atoms with Gasteiger partial charge in [-0.1, -0.05) is 37.6 Å². The summed E-state index contributed by atoms with van der Waals surface area (Å²) in [5, 5.41) is 10.6. The lowest BCUT2D eigenvalue weighted by Crippen LogP contribution is -2.22. The van der Waals surface area contributed by atoms with Crippen LogP contribution in [-0.2, 0) is 4.74 Å². The molecule has 1 saturated heterocycles. The van der Waals surface area contributed by atoms with Crippen LogP contribution in [0.2, 0.25) is 0 Å². The van der Waals surface area contributed by atoms with Crippen molar-refractivity contribution in [1.29, 1.82) is 0 Å². The van der Waals surface area contributed by atoms with E-state index in [1.165, 1.54) is 24.8 Å². The maximum Gasteiger partial charge on any atom is 0.0843 e. The molecule has 19 heavy (non-hydrogen) atoms. The van der Waals surface area contributed by atoms with Gasteiger partial charge >= 0.3 is 0 Å². The monoisotopic (exact) mass is 260 g/mol. The summed E-state index contributed by atoms with van der Waals surface area (Å²) >= 11 is 0. The Morgan fingerprint density at radius 1 is 1.32 bits per heavy atom. The predicted octanol–water partition coefficient (Wildman–Crippen LogP) is 3.80. The Balaban J connectivity index is 1.77. The van der Waals surface area contributed by atoms with Gasteiger partial charge in [0.05, 0.1) is 12.2 Å². The molecule has 3 rings (SSSR count). The number of ether oxygens (including phenoxy) is 1. The fourth-order valence-electron chi connectivity index (χ4n) is 3.43. The van der Waals surface area contributed by atoms with E-state index in [1.54, 1.807) is 0 Å². The van der Waals surface area contributed by atoms with Crippen LogP contribution in [0.3, 0.4) is 0 Å². The largest absolute Gasteiger partial charge is 0.388 e. The van der Waals surface area contributed by atoms with Gasteiger partial charge in [-0.15, -0.1) is 0 Å². The van der Waals surface area contributed by atoms with Crippen LogP contribution in [-0.4, -0.2) is 17.8 Å². The van der Waals surface area contributed by atoms with E-state index in [-0.39, 0.29) is 18.1 Å². The Labute approximate surface area is 115 Å². The van der Waals surface area contributed by atoms with Crippen molar-refractivity contribution >= 4 is 0 Å². The molecule has 1 saturated carbocycles. The summed E-state index contributed by atoms with van der Waals surface area (Å²) in [6.45, 7) is 2.93. The van der Waals surface area contributed by atoms with Gasteiger partial charge in [0.2, 0.25) is 0 Å². The molecule has 1 aromatic rings. The van der Waals surface area contributed by atoms with Crippen molar-refractivity contribution in [1.82, 2.24) is 0 Å². The first-order chi connectivity index (χ1) is 9.29. The fraction of sp³-hybridized carbons (Fsp3) is 0.647. The molecule has 2 aliphatic rings. The first-order valence-electron chi connectivity index (χ1n) is 7.69. The Bertz CT molecular complexity index is 425. The van der Waals surface area contributed by atoms with Crippen LogP contribution in [0.5, 0.6) is 0 Å². The smallest absolute Gasteiger partial charge is 0.0843 e. The van der Waals surface area contributed by atoms with Crippen molar-refractivity contribution in [3.63, 3.8) is 0 Å². The molecular formula is C17H24O2. The molecule has 0 amide bonds. The molecule has 1 N–H and O–H groups in total. The van der Waals surface area contributed by atoms with E-state index >= 15 is 0 Å². The second-order valence-corrected chi connectivity index (χ2v) is 6.01. The minimum absolute atomic E-state index is 0.224. The third-order valence-corrected chi connectivity index (χ3v) is 4.90. The highest BCUT2D eigenvalue weighted by atomic mass is 16.5. The molecule has 2 heteroatoms. The standard InChI is InChI=1S/C17H24O2/c1-2-16-15(9-10-19-16)17(18)14-8-4-7-13(11-14)12-5-3-6-12/h4,7-8,11-12,15-18H,2-3,5-6,9-10H2,1H3. The van der Waals surface area contributed by atoms with E-state index < -0.39 is 0 Å². The predicted molar refractivity (Wildman–Crippen MR) is 76.1 cm³/mol. The highest BCUT2D eigenvalue weighted by molar-refractivity contribution is 5.29. The van der Waals surface area contributed by atoms with Crippen molar-refractivity contribution in [2.75, 3.05) is 6.61 Å². The molecule has 1 aliphatic heterocycles. The number of rotatable bonds is 4. The molecule has 3 unspecified atom stereocenters. The Morgan fingerprint density at radius 3 is 2.84 bits per heavy atom. The van der Waals surface area contributed by atoms with Crippen LogP contribution in [0.1, 0.15) is 62.2 Å². The van der Waals surface area contributed by atoms with Crippen LogP contribution in [0, 0.1) is 5.92 Å². The van der Waals surface area contributed by atoms with E-state index in [4.69, 9.17) is 4.74 Å². The Kier molecular flexibility index (Phi) is 3.90. The number of hydrogen-bond acceptors (Lipinski definition) is 2. The zero-order chi connectivity index (χ0) is 13.2. The first-order valence-corrected chi connectivity index (χ1v) is 7.69. The van der Waals surface area contributed by atoms with Gasteiger partial charge in [-0.05, 0) is 42.7 Å². The van der Waals surface area contributed by atoms with Crippen LogP contribution in [0.25, 0.3) is 0 Å². The summed E-state index contributed by atoms with van der Waals surface area (Å²) in [6.07, 6.45) is 5.80. The van der Waals surface area contributed by atoms with Gasteiger partial charge in [0.25, 0.3) is 0 Å². The van der Waals surface area contributed by atoms with E-state index in [2.05, 4.69) is 31.2 Å². The second kappa shape index (κ2) is 5.64. The van der Waals surface area contributed by atoms with E-state index in [9.17, 15) is 5.11 Å². The molecule has 0 aromatic heterocycles. The number of benzene rings is 1. The molecule has 104 valence electrons. The Hall–Kier alpha value is -0.860. The third kappa shape index (κ3) is 2.56. The molecule has 0 spiro atoms. The van der Waals surface area contributed by atoms with Crippen LogP contribution < -0.4 is 0 Å². The zero-order valence-electron chi connectivity index (χ0n) is 11.7. The summed E-state index contributed by atoms with van der Waals surface area (Å²) in [5.41, 5.74) is 2.49. The minimum Gasteiger partial charge on any atom is -0.388 e. The molecule has 2 nitrogen and oxygen atoms in total. The molecule has 1 aromatic carbocycles. The van der Waals surface area contributed by atoms with Crippen LogP contribution in [0.4, 0.5) is 0 Å². The molecule has 1 aliphatic carbocycles. The summed E-state index contributed by atoms with van der Waals surface area (Å²) in [7, 11) is 0. The minimum atomic E-state index is -0.368. The molecule has 0 bridgehead atoms. The molecule has 3 atom stereocenters. The van der Waals surface area contributed by atoms with Crippen molar-refractivity contribution in [2.24, 2.45) is 5.92 Å². The average molecular weight is 260 g/mol. The lowest BCUT2D eigenvalue weighted by molar-refractivity contribution is 0.0307. The van der Waals surface area contributed by atoms with Crippen LogP contribution in [0.15, 0.2) is 24.3 Å². The highest BCUT2D eigenvalue weighted by Crippen LogP contribution is 2.39. The normalized spacial score (nSPS) is 29.2. The summed E-state index contributed by atoms with van der Waals surface area (Å²) in [6, 6.07) is 8.60. The first kappa shape index (κ1) is 13.1. The van der Waals surface area contributed by atoms with Gasteiger partial charge < -0.3 is 9.84 Å². The maximum absolute atomic E-state index is 10.6. The van der Waals surface area contributed by atoms with Crippen molar-refractivity contribution in [3.8, 4) is 0 Å². The number of aliphatic hydroxyl groups is 1.